The standard InChI is InChI=1S/C20H17N5O3/c1-28-14-9-7-13(8-10-14)17-22-16(15-18(24-17)25-20(27)23-15)19(26)21-11-12-5-3-2-4-6-12/h2-10H,11H2,1H3,(H,21,26)(H2,22,23,24,25,27). The topological polar surface area (TPSA) is 113 Å². The molecule has 2 aromatic heterocycles. The first-order valence-corrected chi connectivity index (χ1v) is 8.60. The van der Waals surface area contributed by atoms with E-state index in [1.54, 1.807) is 31.4 Å². The smallest absolute Gasteiger partial charge is 0.325 e. The SMILES string of the molecule is COc1ccc(-c2nc(C(=O)NCc3ccccc3)c3[nH]c(=O)[nH]c3n2)cc1. The van der Waals surface area contributed by atoms with Gasteiger partial charge in [-0.3, -0.25) is 9.78 Å². The van der Waals surface area contributed by atoms with Crippen LogP contribution in [0, 0.1) is 0 Å². The van der Waals surface area contributed by atoms with Crippen LogP contribution in [0.3, 0.4) is 0 Å². The Morgan fingerprint density at radius 2 is 1.79 bits per heavy atom. The molecule has 0 saturated heterocycles. The van der Waals surface area contributed by atoms with Gasteiger partial charge in [-0.05, 0) is 29.8 Å². The molecule has 0 radical (unpaired) electrons. The third-order valence-corrected chi connectivity index (χ3v) is 4.24. The molecule has 1 amide bonds. The van der Waals surface area contributed by atoms with Gasteiger partial charge in [0.1, 0.15) is 11.3 Å². The molecule has 0 spiro atoms. The largest absolute Gasteiger partial charge is 0.497 e. The molecule has 4 rings (SSSR count). The second kappa shape index (κ2) is 7.36. The first kappa shape index (κ1) is 17.5. The average molecular weight is 375 g/mol. The number of nitrogens with one attached hydrogen (secondary N) is 3. The highest BCUT2D eigenvalue weighted by Crippen LogP contribution is 2.21. The minimum absolute atomic E-state index is 0.102. The Morgan fingerprint density at radius 1 is 1.04 bits per heavy atom. The Bertz CT molecular complexity index is 1180. The van der Waals surface area contributed by atoms with Gasteiger partial charge in [0.25, 0.3) is 5.91 Å². The molecule has 0 aliphatic carbocycles. The van der Waals surface area contributed by atoms with Gasteiger partial charge in [0.05, 0.1) is 7.11 Å². The van der Waals surface area contributed by atoms with E-state index in [9.17, 15) is 9.59 Å². The number of carbonyl (C=O) groups excluding carboxylic acids is 1. The molecule has 4 aromatic rings. The zero-order valence-corrected chi connectivity index (χ0v) is 15.0. The van der Waals surface area contributed by atoms with Crippen molar-refractivity contribution in [3.05, 3.63) is 76.3 Å². The van der Waals surface area contributed by atoms with Crippen LogP contribution in [-0.2, 0) is 6.54 Å². The second-order valence-electron chi connectivity index (χ2n) is 6.10. The normalized spacial score (nSPS) is 10.8. The number of aromatic nitrogens is 4. The molecule has 2 aromatic carbocycles. The van der Waals surface area contributed by atoms with E-state index in [2.05, 4.69) is 25.3 Å². The number of aromatic amines is 2. The number of fused-ring (bicyclic) bond motifs is 1. The molecular weight excluding hydrogens is 358 g/mol. The van der Waals surface area contributed by atoms with Gasteiger partial charge in [-0.1, -0.05) is 30.3 Å². The van der Waals surface area contributed by atoms with Crippen molar-refractivity contribution in [3.63, 3.8) is 0 Å². The Morgan fingerprint density at radius 3 is 2.50 bits per heavy atom. The number of methoxy groups -OCH3 is 1. The maximum Gasteiger partial charge on any atom is 0.325 e. The van der Waals surface area contributed by atoms with Crippen molar-refractivity contribution in [1.29, 1.82) is 0 Å². The number of carbonyl (C=O) groups is 1. The minimum atomic E-state index is -0.451. The summed E-state index contributed by atoms with van der Waals surface area (Å²) >= 11 is 0. The summed E-state index contributed by atoms with van der Waals surface area (Å²) in [4.78, 5) is 38.5. The fourth-order valence-electron chi connectivity index (χ4n) is 2.82. The summed E-state index contributed by atoms with van der Waals surface area (Å²) < 4.78 is 5.16. The van der Waals surface area contributed by atoms with E-state index < -0.39 is 11.6 Å². The molecule has 0 aliphatic heterocycles. The molecule has 0 atom stereocenters. The summed E-state index contributed by atoms with van der Waals surface area (Å²) in [7, 11) is 1.58. The number of imidazole rings is 1. The van der Waals surface area contributed by atoms with Gasteiger partial charge in [-0.15, -0.1) is 0 Å². The van der Waals surface area contributed by atoms with Crippen LogP contribution in [0.5, 0.6) is 5.75 Å². The fraction of sp³-hybridized carbons (Fsp3) is 0.100. The molecule has 0 unspecified atom stereocenters. The van der Waals surface area contributed by atoms with E-state index in [0.717, 1.165) is 5.56 Å². The molecule has 8 nitrogen and oxygen atoms in total. The van der Waals surface area contributed by atoms with E-state index >= 15 is 0 Å². The van der Waals surface area contributed by atoms with Crippen molar-refractivity contribution in [3.8, 4) is 17.1 Å². The first-order valence-electron chi connectivity index (χ1n) is 8.60. The monoisotopic (exact) mass is 375 g/mol. The summed E-state index contributed by atoms with van der Waals surface area (Å²) in [5, 5.41) is 2.83. The van der Waals surface area contributed by atoms with Crippen molar-refractivity contribution in [2.24, 2.45) is 0 Å². The van der Waals surface area contributed by atoms with E-state index in [-0.39, 0.29) is 16.9 Å². The zero-order valence-electron chi connectivity index (χ0n) is 15.0. The van der Waals surface area contributed by atoms with Crippen LogP contribution in [0.1, 0.15) is 16.1 Å². The number of hydrogen-bond donors (Lipinski definition) is 3. The van der Waals surface area contributed by atoms with Crippen molar-refractivity contribution >= 4 is 17.1 Å². The fourth-order valence-corrected chi connectivity index (χ4v) is 2.82. The Labute approximate surface area is 159 Å². The highest BCUT2D eigenvalue weighted by atomic mass is 16.5. The van der Waals surface area contributed by atoms with Crippen LogP contribution in [0.2, 0.25) is 0 Å². The molecule has 0 fully saturated rings. The number of benzene rings is 2. The van der Waals surface area contributed by atoms with Gasteiger partial charge in [0, 0.05) is 12.1 Å². The van der Waals surface area contributed by atoms with E-state index in [0.29, 0.717) is 23.7 Å². The van der Waals surface area contributed by atoms with E-state index in [1.165, 1.54) is 0 Å². The minimum Gasteiger partial charge on any atom is -0.497 e. The lowest BCUT2D eigenvalue weighted by Gasteiger charge is -2.08. The number of amides is 1. The second-order valence-corrected chi connectivity index (χ2v) is 6.10. The Balaban J connectivity index is 1.71. The third-order valence-electron chi connectivity index (χ3n) is 4.24. The van der Waals surface area contributed by atoms with E-state index in [4.69, 9.17) is 4.74 Å². The number of rotatable bonds is 5. The Kier molecular flexibility index (Phi) is 4.59. The molecule has 8 heteroatoms. The predicted octanol–water partition coefficient (Wildman–Crippen LogP) is 2.25. The van der Waals surface area contributed by atoms with E-state index in [1.807, 2.05) is 30.3 Å². The summed E-state index contributed by atoms with van der Waals surface area (Å²) in [6.45, 7) is 0.345. The number of nitrogens with zero attached hydrogens (tertiary/aromatic N) is 2. The van der Waals surface area contributed by atoms with Crippen LogP contribution in [-0.4, -0.2) is 33.0 Å². The average Bonchev–Trinajstić information content (AvgIpc) is 3.12. The van der Waals surface area contributed by atoms with Crippen LogP contribution >= 0.6 is 0 Å². The predicted molar refractivity (Wildman–Crippen MR) is 104 cm³/mol. The first-order chi connectivity index (χ1) is 13.6. The molecule has 3 N–H and O–H groups in total. The van der Waals surface area contributed by atoms with Crippen molar-refractivity contribution in [1.82, 2.24) is 25.3 Å². The lowest BCUT2D eigenvalue weighted by molar-refractivity contribution is 0.0947. The van der Waals surface area contributed by atoms with Crippen molar-refractivity contribution < 1.29 is 9.53 Å². The maximum absolute atomic E-state index is 12.8. The molecular formula is C20H17N5O3. The van der Waals surface area contributed by atoms with Gasteiger partial charge in [0.2, 0.25) is 0 Å². The van der Waals surface area contributed by atoms with Gasteiger partial charge >= 0.3 is 5.69 Å². The molecule has 140 valence electrons. The van der Waals surface area contributed by atoms with Crippen LogP contribution in [0.25, 0.3) is 22.6 Å². The molecule has 28 heavy (non-hydrogen) atoms. The summed E-state index contributed by atoms with van der Waals surface area (Å²) in [6.07, 6.45) is 0. The zero-order chi connectivity index (χ0) is 19.5. The number of hydrogen-bond acceptors (Lipinski definition) is 5. The summed E-state index contributed by atoms with van der Waals surface area (Å²) in [6, 6.07) is 16.7. The van der Waals surface area contributed by atoms with Crippen LogP contribution in [0.15, 0.2) is 59.4 Å². The maximum atomic E-state index is 12.8. The highest BCUT2D eigenvalue weighted by molar-refractivity contribution is 6.02. The van der Waals surface area contributed by atoms with Crippen LogP contribution < -0.4 is 15.7 Å². The molecule has 2 heterocycles. The summed E-state index contributed by atoms with van der Waals surface area (Å²) in [5.74, 6) is 0.622. The molecule has 0 bridgehead atoms. The third kappa shape index (κ3) is 3.48. The van der Waals surface area contributed by atoms with Crippen molar-refractivity contribution in [2.45, 2.75) is 6.54 Å². The number of H-pyrrole nitrogens is 2. The lowest BCUT2D eigenvalue weighted by atomic mass is 10.2. The molecule has 0 saturated carbocycles. The molecule has 0 aliphatic rings. The van der Waals surface area contributed by atoms with Gasteiger partial charge in [-0.2, -0.15) is 0 Å². The van der Waals surface area contributed by atoms with Crippen LogP contribution in [0.4, 0.5) is 0 Å². The van der Waals surface area contributed by atoms with Gasteiger partial charge in [0.15, 0.2) is 17.2 Å². The van der Waals surface area contributed by atoms with Gasteiger partial charge < -0.3 is 15.0 Å². The van der Waals surface area contributed by atoms with Gasteiger partial charge in [-0.25, -0.2) is 14.8 Å². The quantitative estimate of drug-likeness (QED) is 0.495. The Hall–Kier alpha value is -3.94. The summed E-state index contributed by atoms with van der Waals surface area (Å²) in [5.41, 5.74) is 1.85. The highest BCUT2D eigenvalue weighted by Gasteiger charge is 2.18. The number of ether oxygens (including phenoxy) is 1. The van der Waals surface area contributed by atoms with Crippen molar-refractivity contribution in [2.75, 3.05) is 7.11 Å². The lowest BCUT2D eigenvalue weighted by Crippen LogP contribution is -2.24.